The van der Waals surface area contributed by atoms with Gasteiger partial charge in [0.1, 0.15) is 0 Å². The summed E-state index contributed by atoms with van der Waals surface area (Å²) < 4.78 is 26.7. The molecular weight excluding hydrogens is 286 g/mol. The highest BCUT2D eigenvalue weighted by molar-refractivity contribution is 7.89. The summed E-state index contributed by atoms with van der Waals surface area (Å²) in [7, 11) is -1.94. The fourth-order valence-corrected chi connectivity index (χ4v) is 4.88. The van der Waals surface area contributed by atoms with Crippen molar-refractivity contribution in [2.45, 2.75) is 55.4 Å². The van der Waals surface area contributed by atoms with Gasteiger partial charge in [-0.1, -0.05) is 18.9 Å². The maximum atomic E-state index is 12.7. The largest absolute Gasteiger partial charge is 0.389 e. The molecule has 0 atom stereocenters. The summed E-state index contributed by atoms with van der Waals surface area (Å²) in [5, 5.41) is 10.4. The molecule has 0 radical (unpaired) electrons. The maximum Gasteiger partial charge on any atom is 0.242 e. The predicted octanol–water partition coefficient (Wildman–Crippen LogP) is 2.10. The Labute approximate surface area is 126 Å². The van der Waals surface area contributed by atoms with Gasteiger partial charge in [-0.2, -0.15) is 4.31 Å². The van der Waals surface area contributed by atoms with E-state index in [1.165, 1.54) is 9.87 Å². The molecule has 0 bridgehead atoms. The summed E-state index contributed by atoms with van der Waals surface area (Å²) in [6.07, 6.45) is 6.45. The Kier molecular flexibility index (Phi) is 3.84. The molecular formula is C16H23NO3S. The first-order valence-electron chi connectivity index (χ1n) is 7.71. The summed E-state index contributed by atoms with van der Waals surface area (Å²) in [6, 6.07) is 5.45. The van der Waals surface area contributed by atoms with E-state index in [0.29, 0.717) is 17.7 Å². The molecule has 3 rings (SSSR count). The van der Waals surface area contributed by atoms with Crippen molar-refractivity contribution in [3.63, 3.8) is 0 Å². The minimum absolute atomic E-state index is 0.187. The molecule has 0 amide bonds. The van der Waals surface area contributed by atoms with Crippen LogP contribution in [0.2, 0.25) is 0 Å². The molecule has 1 aromatic rings. The van der Waals surface area contributed by atoms with Crippen molar-refractivity contribution in [2.24, 2.45) is 0 Å². The van der Waals surface area contributed by atoms with Gasteiger partial charge in [-0.15, -0.1) is 0 Å². The summed E-state index contributed by atoms with van der Waals surface area (Å²) in [4.78, 5) is 0.354. The molecule has 21 heavy (non-hydrogen) atoms. The van der Waals surface area contributed by atoms with Crippen molar-refractivity contribution >= 4 is 10.0 Å². The lowest BCUT2D eigenvalue weighted by molar-refractivity contribution is 0.0333. The fourth-order valence-electron chi connectivity index (χ4n) is 3.58. The Morgan fingerprint density at radius 1 is 1.14 bits per heavy atom. The summed E-state index contributed by atoms with van der Waals surface area (Å²) in [6.45, 7) is 0.187. The second kappa shape index (κ2) is 5.38. The minimum atomic E-state index is -3.51. The number of fused-ring (bicyclic) bond motifs is 1. The number of likely N-dealkylation sites (N-methyl/N-ethyl adjacent to an activating group) is 1. The summed E-state index contributed by atoms with van der Waals surface area (Å²) >= 11 is 0. The van der Waals surface area contributed by atoms with Crippen LogP contribution in [0.5, 0.6) is 0 Å². The zero-order valence-electron chi connectivity index (χ0n) is 12.5. The molecule has 2 aliphatic carbocycles. The van der Waals surface area contributed by atoms with Gasteiger partial charge in [0.25, 0.3) is 0 Å². The fraction of sp³-hybridized carbons (Fsp3) is 0.625. The van der Waals surface area contributed by atoms with Crippen LogP contribution < -0.4 is 0 Å². The van der Waals surface area contributed by atoms with Crippen LogP contribution in [0.15, 0.2) is 23.1 Å². The van der Waals surface area contributed by atoms with Crippen molar-refractivity contribution < 1.29 is 13.5 Å². The van der Waals surface area contributed by atoms with Crippen LogP contribution in [0.3, 0.4) is 0 Å². The van der Waals surface area contributed by atoms with Gasteiger partial charge in [-0.3, -0.25) is 0 Å². The van der Waals surface area contributed by atoms with Gasteiger partial charge in [0.2, 0.25) is 10.0 Å². The van der Waals surface area contributed by atoms with E-state index < -0.39 is 15.6 Å². The molecule has 0 unspecified atom stereocenters. The van der Waals surface area contributed by atoms with Crippen LogP contribution in [0, 0.1) is 0 Å². The smallest absolute Gasteiger partial charge is 0.242 e. The van der Waals surface area contributed by atoms with Gasteiger partial charge >= 0.3 is 0 Å². The predicted molar refractivity (Wildman–Crippen MR) is 81.7 cm³/mol. The Bertz CT molecular complexity index is 633. The SMILES string of the molecule is CN(CC1(O)CCCC1)S(=O)(=O)c1ccc2c(c1)CCC2. The van der Waals surface area contributed by atoms with E-state index in [4.69, 9.17) is 0 Å². The molecule has 0 heterocycles. The van der Waals surface area contributed by atoms with Crippen molar-refractivity contribution in [1.29, 1.82) is 0 Å². The van der Waals surface area contributed by atoms with Crippen molar-refractivity contribution in [3.05, 3.63) is 29.3 Å². The number of aryl methyl sites for hydroxylation is 2. The second-order valence-electron chi connectivity index (χ2n) is 6.48. The first-order chi connectivity index (χ1) is 9.91. The summed E-state index contributed by atoms with van der Waals surface area (Å²) in [5.74, 6) is 0. The summed E-state index contributed by atoms with van der Waals surface area (Å²) in [5.41, 5.74) is 1.58. The molecule has 0 aliphatic heterocycles. The van der Waals surface area contributed by atoms with Gasteiger partial charge in [0.15, 0.2) is 0 Å². The lowest BCUT2D eigenvalue weighted by Gasteiger charge is -2.28. The van der Waals surface area contributed by atoms with E-state index in [2.05, 4.69) is 0 Å². The normalized spacial score (nSPS) is 20.9. The number of hydrogen-bond donors (Lipinski definition) is 1. The third-order valence-electron chi connectivity index (χ3n) is 4.83. The van der Waals surface area contributed by atoms with Crippen LogP contribution in [0.25, 0.3) is 0 Å². The lowest BCUT2D eigenvalue weighted by atomic mass is 10.0. The average Bonchev–Trinajstić information content (AvgIpc) is 3.06. The standard InChI is InChI=1S/C16H23NO3S/c1-17(12-16(18)9-2-3-10-16)21(19,20)15-8-7-13-5-4-6-14(13)11-15/h7-8,11,18H,2-6,9-10,12H2,1H3. The second-order valence-corrected chi connectivity index (χ2v) is 8.52. The first-order valence-corrected chi connectivity index (χ1v) is 9.15. The van der Waals surface area contributed by atoms with Crippen LogP contribution in [0.1, 0.15) is 43.2 Å². The molecule has 1 aromatic carbocycles. The van der Waals surface area contributed by atoms with Crippen LogP contribution >= 0.6 is 0 Å². The van der Waals surface area contributed by atoms with Crippen LogP contribution in [-0.2, 0) is 22.9 Å². The topological polar surface area (TPSA) is 57.6 Å². The number of aliphatic hydroxyl groups is 1. The number of benzene rings is 1. The number of nitrogens with zero attached hydrogens (tertiary/aromatic N) is 1. The van der Waals surface area contributed by atoms with Crippen LogP contribution in [0.4, 0.5) is 0 Å². The Morgan fingerprint density at radius 3 is 2.52 bits per heavy atom. The first kappa shape index (κ1) is 15.0. The third-order valence-corrected chi connectivity index (χ3v) is 6.63. The molecule has 1 fully saturated rings. The monoisotopic (exact) mass is 309 g/mol. The quantitative estimate of drug-likeness (QED) is 0.926. The van der Waals surface area contributed by atoms with E-state index in [1.54, 1.807) is 13.1 Å². The van der Waals surface area contributed by atoms with E-state index in [1.807, 2.05) is 12.1 Å². The molecule has 116 valence electrons. The highest BCUT2D eigenvalue weighted by atomic mass is 32.2. The molecule has 2 aliphatic rings. The molecule has 1 saturated carbocycles. The van der Waals surface area contributed by atoms with Gasteiger partial charge in [-0.05, 0) is 55.4 Å². The average molecular weight is 309 g/mol. The van der Waals surface area contributed by atoms with E-state index in [-0.39, 0.29) is 6.54 Å². The lowest BCUT2D eigenvalue weighted by Crippen LogP contribution is -2.42. The molecule has 5 heteroatoms. The van der Waals surface area contributed by atoms with Crippen molar-refractivity contribution in [1.82, 2.24) is 4.31 Å². The van der Waals surface area contributed by atoms with E-state index in [9.17, 15) is 13.5 Å². The number of sulfonamides is 1. The van der Waals surface area contributed by atoms with E-state index in [0.717, 1.165) is 37.7 Å². The maximum absolute atomic E-state index is 12.7. The zero-order valence-corrected chi connectivity index (χ0v) is 13.3. The third kappa shape index (κ3) is 2.87. The Hall–Kier alpha value is -0.910. The molecule has 0 aromatic heterocycles. The van der Waals surface area contributed by atoms with Gasteiger partial charge in [-0.25, -0.2) is 8.42 Å². The molecule has 0 saturated heterocycles. The number of hydrogen-bond acceptors (Lipinski definition) is 3. The van der Waals surface area contributed by atoms with Crippen molar-refractivity contribution in [3.8, 4) is 0 Å². The highest BCUT2D eigenvalue weighted by Gasteiger charge is 2.36. The van der Waals surface area contributed by atoms with Crippen molar-refractivity contribution in [2.75, 3.05) is 13.6 Å². The van der Waals surface area contributed by atoms with Crippen LogP contribution in [-0.4, -0.2) is 37.0 Å². The zero-order chi connectivity index (χ0) is 15.1. The van der Waals surface area contributed by atoms with E-state index >= 15 is 0 Å². The van der Waals surface area contributed by atoms with Gasteiger partial charge < -0.3 is 5.11 Å². The Balaban J connectivity index is 1.82. The Morgan fingerprint density at radius 2 is 1.81 bits per heavy atom. The highest BCUT2D eigenvalue weighted by Crippen LogP contribution is 2.32. The number of rotatable bonds is 4. The molecule has 4 nitrogen and oxygen atoms in total. The van der Waals surface area contributed by atoms with Gasteiger partial charge in [0, 0.05) is 13.6 Å². The molecule has 1 N–H and O–H groups in total. The molecule has 0 spiro atoms. The minimum Gasteiger partial charge on any atom is -0.389 e. The van der Waals surface area contributed by atoms with Gasteiger partial charge in [0.05, 0.1) is 10.5 Å².